The minimum absolute atomic E-state index is 0.207. The van der Waals surface area contributed by atoms with Crippen molar-refractivity contribution in [2.24, 2.45) is 0 Å². The van der Waals surface area contributed by atoms with Crippen LogP contribution in [0.2, 0.25) is 0 Å². The summed E-state index contributed by atoms with van der Waals surface area (Å²) in [6, 6.07) is 6.95. The number of likely N-dealkylation sites (tertiary alicyclic amines) is 1. The molecule has 1 N–H and O–H groups in total. The van der Waals surface area contributed by atoms with Crippen LogP contribution in [0.25, 0.3) is 0 Å². The predicted molar refractivity (Wildman–Crippen MR) is 82.1 cm³/mol. The summed E-state index contributed by atoms with van der Waals surface area (Å²) in [6.07, 6.45) is 2.38. The quantitative estimate of drug-likeness (QED) is 0.870. The zero-order valence-electron chi connectivity index (χ0n) is 12.5. The molecule has 1 aliphatic rings. The van der Waals surface area contributed by atoms with E-state index in [4.69, 9.17) is 0 Å². The molecule has 21 heavy (non-hydrogen) atoms. The van der Waals surface area contributed by atoms with Gasteiger partial charge in [-0.3, -0.25) is 4.90 Å². The van der Waals surface area contributed by atoms with Gasteiger partial charge in [-0.15, -0.1) is 0 Å². The first kappa shape index (κ1) is 16.4. The van der Waals surface area contributed by atoms with E-state index in [1.807, 2.05) is 6.07 Å². The van der Waals surface area contributed by atoms with Crippen molar-refractivity contribution < 1.29 is 12.8 Å². The lowest BCUT2D eigenvalue weighted by Gasteiger charge is -2.24. The van der Waals surface area contributed by atoms with Gasteiger partial charge in [-0.2, -0.15) is 0 Å². The standard InChI is InChI=1S/C15H23FN2O2S/c1-12(6-7-13-4-3-5-14(16)10-13)18-9-8-15(11-18)21(19,20)17-2/h3-5,10,12,15,17H,6-9,11H2,1-2H3. The molecule has 2 rings (SSSR count). The third-order valence-corrected chi connectivity index (χ3v) is 6.09. The molecule has 2 atom stereocenters. The van der Waals surface area contributed by atoms with Crippen molar-refractivity contribution in [3.8, 4) is 0 Å². The highest BCUT2D eigenvalue weighted by atomic mass is 32.2. The van der Waals surface area contributed by atoms with Crippen molar-refractivity contribution in [2.45, 2.75) is 37.5 Å². The molecule has 1 aliphatic heterocycles. The van der Waals surface area contributed by atoms with Gasteiger partial charge in [0.1, 0.15) is 5.82 Å². The minimum atomic E-state index is -3.18. The van der Waals surface area contributed by atoms with Crippen LogP contribution in [-0.2, 0) is 16.4 Å². The topological polar surface area (TPSA) is 49.4 Å². The number of aryl methyl sites for hydroxylation is 1. The van der Waals surface area contributed by atoms with Crippen LogP contribution in [0.3, 0.4) is 0 Å². The van der Waals surface area contributed by atoms with E-state index in [0.717, 1.165) is 24.9 Å². The second-order valence-electron chi connectivity index (χ2n) is 5.67. The summed E-state index contributed by atoms with van der Waals surface area (Å²) in [5.74, 6) is -0.207. The van der Waals surface area contributed by atoms with Gasteiger partial charge in [0, 0.05) is 12.6 Å². The second kappa shape index (κ2) is 6.85. The van der Waals surface area contributed by atoms with Gasteiger partial charge < -0.3 is 0 Å². The Morgan fingerprint density at radius 1 is 1.48 bits per heavy atom. The summed E-state index contributed by atoms with van der Waals surface area (Å²) in [5, 5.41) is -0.320. The van der Waals surface area contributed by atoms with Gasteiger partial charge in [-0.25, -0.2) is 17.5 Å². The van der Waals surface area contributed by atoms with Crippen molar-refractivity contribution >= 4 is 10.0 Å². The third kappa shape index (κ3) is 4.25. The van der Waals surface area contributed by atoms with Gasteiger partial charge >= 0.3 is 0 Å². The second-order valence-corrected chi connectivity index (χ2v) is 7.84. The summed E-state index contributed by atoms with van der Waals surface area (Å²) >= 11 is 0. The summed E-state index contributed by atoms with van der Waals surface area (Å²) in [7, 11) is -1.71. The molecule has 0 radical (unpaired) electrons. The van der Waals surface area contributed by atoms with E-state index in [0.29, 0.717) is 19.0 Å². The van der Waals surface area contributed by atoms with Crippen LogP contribution in [0.4, 0.5) is 4.39 Å². The molecule has 6 heteroatoms. The Kier molecular flexibility index (Phi) is 5.35. The number of rotatable bonds is 6. The largest absolute Gasteiger partial charge is 0.299 e. The summed E-state index contributed by atoms with van der Waals surface area (Å²) in [6.45, 7) is 3.48. The van der Waals surface area contributed by atoms with Crippen molar-refractivity contribution in [2.75, 3.05) is 20.1 Å². The van der Waals surface area contributed by atoms with Crippen molar-refractivity contribution in [3.63, 3.8) is 0 Å². The van der Waals surface area contributed by atoms with Crippen molar-refractivity contribution in [1.82, 2.24) is 9.62 Å². The lowest BCUT2D eigenvalue weighted by molar-refractivity contribution is 0.247. The Hall–Kier alpha value is -0.980. The smallest absolute Gasteiger partial charge is 0.215 e. The summed E-state index contributed by atoms with van der Waals surface area (Å²) in [4.78, 5) is 2.21. The van der Waals surface area contributed by atoms with Crippen LogP contribution in [0.1, 0.15) is 25.3 Å². The van der Waals surface area contributed by atoms with Crippen molar-refractivity contribution in [3.05, 3.63) is 35.6 Å². The van der Waals surface area contributed by atoms with Gasteiger partial charge in [-0.1, -0.05) is 12.1 Å². The molecule has 2 unspecified atom stereocenters. The first-order valence-electron chi connectivity index (χ1n) is 7.33. The fourth-order valence-electron chi connectivity index (χ4n) is 2.82. The fourth-order valence-corrected chi connectivity index (χ4v) is 3.96. The maximum atomic E-state index is 13.1. The highest BCUT2D eigenvalue weighted by Gasteiger charge is 2.33. The monoisotopic (exact) mass is 314 g/mol. The number of hydrogen-bond donors (Lipinski definition) is 1. The lowest BCUT2D eigenvalue weighted by atomic mass is 10.1. The molecule has 1 fully saturated rings. The third-order valence-electron chi connectivity index (χ3n) is 4.26. The van der Waals surface area contributed by atoms with E-state index in [9.17, 15) is 12.8 Å². The number of halogens is 1. The Labute approximate surface area is 126 Å². The number of sulfonamides is 1. The Bertz CT molecular complexity index is 577. The molecule has 1 heterocycles. The average Bonchev–Trinajstić information content (AvgIpc) is 2.95. The number of hydrogen-bond acceptors (Lipinski definition) is 3. The molecule has 1 aromatic rings. The van der Waals surface area contributed by atoms with E-state index in [1.54, 1.807) is 12.1 Å². The predicted octanol–water partition coefficient (Wildman–Crippen LogP) is 1.77. The van der Waals surface area contributed by atoms with Crippen molar-refractivity contribution in [1.29, 1.82) is 0 Å². The highest BCUT2D eigenvalue weighted by Crippen LogP contribution is 2.20. The first-order valence-corrected chi connectivity index (χ1v) is 8.88. The van der Waals surface area contributed by atoms with E-state index in [-0.39, 0.29) is 11.1 Å². The lowest BCUT2D eigenvalue weighted by Crippen LogP contribution is -2.37. The van der Waals surface area contributed by atoms with Crippen LogP contribution in [0.15, 0.2) is 24.3 Å². The maximum absolute atomic E-state index is 13.1. The molecular formula is C15H23FN2O2S. The van der Waals surface area contributed by atoms with Crippen LogP contribution < -0.4 is 4.72 Å². The zero-order chi connectivity index (χ0) is 15.5. The highest BCUT2D eigenvalue weighted by molar-refractivity contribution is 7.90. The van der Waals surface area contributed by atoms with Gasteiger partial charge in [0.05, 0.1) is 5.25 Å². The summed E-state index contributed by atoms with van der Waals surface area (Å²) < 4.78 is 39.2. The minimum Gasteiger partial charge on any atom is -0.299 e. The van der Waals surface area contributed by atoms with Gasteiger partial charge in [0.15, 0.2) is 0 Å². The molecule has 118 valence electrons. The van der Waals surface area contributed by atoms with Crippen LogP contribution in [0.5, 0.6) is 0 Å². The Balaban J connectivity index is 1.86. The van der Waals surface area contributed by atoms with Crippen LogP contribution in [-0.4, -0.2) is 44.7 Å². The Morgan fingerprint density at radius 2 is 2.24 bits per heavy atom. The molecule has 0 saturated carbocycles. The number of nitrogens with zero attached hydrogens (tertiary/aromatic N) is 1. The molecule has 1 aromatic carbocycles. The van der Waals surface area contributed by atoms with E-state index >= 15 is 0 Å². The molecule has 0 amide bonds. The average molecular weight is 314 g/mol. The fraction of sp³-hybridized carbons (Fsp3) is 0.600. The SMILES string of the molecule is CNS(=O)(=O)C1CCN(C(C)CCc2cccc(F)c2)C1. The molecule has 0 spiro atoms. The normalized spacial score (nSPS) is 21.6. The molecule has 1 saturated heterocycles. The maximum Gasteiger partial charge on any atom is 0.215 e. The van der Waals surface area contributed by atoms with E-state index < -0.39 is 10.0 Å². The van der Waals surface area contributed by atoms with Gasteiger partial charge in [0.2, 0.25) is 10.0 Å². The molecular weight excluding hydrogens is 291 g/mol. The molecule has 4 nitrogen and oxygen atoms in total. The summed E-state index contributed by atoms with van der Waals surface area (Å²) in [5.41, 5.74) is 0.987. The van der Waals surface area contributed by atoms with Gasteiger partial charge in [-0.05, 0) is 57.5 Å². The van der Waals surface area contributed by atoms with E-state index in [2.05, 4.69) is 16.5 Å². The Morgan fingerprint density at radius 3 is 2.90 bits per heavy atom. The molecule has 0 aliphatic carbocycles. The van der Waals surface area contributed by atoms with Crippen LogP contribution in [0, 0.1) is 5.82 Å². The molecule has 0 bridgehead atoms. The zero-order valence-corrected chi connectivity index (χ0v) is 13.4. The number of benzene rings is 1. The van der Waals surface area contributed by atoms with E-state index in [1.165, 1.54) is 13.1 Å². The van der Waals surface area contributed by atoms with Gasteiger partial charge in [0.25, 0.3) is 0 Å². The first-order chi connectivity index (χ1) is 9.92. The van der Waals surface area contributed by atoms with Crippen LogP contribution >= 0.6 is 0 Å². The number of nitrogens with one attached hydrogen (secondary N) is 1. The molecule has 0 aromatic heterocycles.